The predicted octanol–water partition coefficient (Wildman–Crippen LogP) is 4.81. The Morgan fingerprint density at radius 3 is 2.86 bits per heavy atom. The second-order valence-electron chi connectivity index (χ2n) is 4.62. The zero-order valence-electron chi connectivity index (χ0n) is 11.0. The lowest BCUT2D eigenvalue weighted by atomic mass is 10.2. The average Bonchev–Trinajstić information content (AvgIpc) is 3.11. The van der Waals surface area contributed by atoms with Gasteiger partial charge in [0.05, 0.1) is 25.9 Å². The summed E-state index contributed by atoms with van der Waals surface area (Å²) < 4.78 is 1.93. The number of nitrogens with one attached hydrogen (secondary N) is 1. The van der Waals surface area contributed by atoms with Gasteiger partial charge in [-0.25, -0.2) is 9.97 Å². The molecule has 0 bridgehead atoms. The molecule has 0 saturated heterocycles. The van der Waals surface area contributed by atoms with Crippen LogP contribution in [0.5, 0.6) is 0 Å². The maximum atomic E-state index is 12.3. The normalized spacial score (nSPS) is 11.1. The lowest BCUT2D eigenvalue weighted by molar-refractivity contribution is 0.102. The van der Waals surface area contributed by atoms with Gasteiger partial charge in [-0.1, -0.05) is 22.9 Å². The lowest BCUT2D eigenvalue weighted by Crippen LogP contribution is -2.11. The van der Waals surface area contributed by atoms with E-state index in [0.29, 0.717) is 15.7 Å². The third-order valence-electron chi connectivity index (χ3n) is 3.16. The number of hydrogen-bond acceptors (Lipinski definition) is 5. The summed E-state index contributed by atoms with van der Waals surface area (Å²) in [6, 6.07) is 10.9. The number of thiazole rings is 2. The molecule has 4 rings (SSSR count). The largest absolute Gasteiger partial charge is 0.298 e. The van der Waals surface area contributed by atoms with Gasteiger partial charge in [0, 0.05) is 10.6 Å². The minimum atomic E-state index is -0.180. The van der Waals surface area contributed by atoms with E-state index >= 15 is 0 Å². The zero-order chi connectivity index (χ0) is 15.1. The standard InChI is InChI=1S/C15H8ClN3OS2/c16-9-2-4-11-13(6-9)22-15(18-11)19-14(20)8-1-3-10-12(5-8)21-7-17-10/h1-7H,(H,18,19,20). The summed E-state index contributed by atoms with van der Waals surface area (Å²) in [5.74, 6) is -0.180. The molecule has 0 aliphatic carbocycles. The minimum absolute atomic E-state index is 0.180. The number of rotatable bonds is 2. The molecule has 22 heavy (non-hydrogen) atoms. The maximum absolute atomic E-state index is 12.3. The summed E-state index contributed by atoms with van der Waals surface area (Å²) in [5, 5.41) is 4.05. The van der Waals surface area contributed by atoms with E-state index in [1.54, 1.807) is 17.6 Å². The van der Waals surface area contributed by atoms with Gasteiger partial charge >= 0.3 is 0 Å². The number of amides is 1. The first-order chi connectivity index (χ1) is 10.7. The van der Waals surface area contributed by atoms with Crippen LogP contribution in [0.1, 0.15) is 10.4 Å². The summed E-state index contributed by atoms with van der Waals surface area (Å²) in [5.41, 5.74) is 4.08. The molecule has 0 spiro atoms. The molecule has 1 N–H and O–H groups in total. The Morgan fingerprint density at radius 2 is 1.95 bits per heavy atom. The van der Waals surface area contributed by atoms with Gasteiger partial charge in [0.1, 0.15) is 0 Å². The Kier molecular flexibility index (Phi) is 3.29. The van der Waals surface area contributed by atoms with Gasteiger partial charge in [-0.05, 0) is 36.4 Å². The monoisotopic (exact) mass is 345 g/mol. The molecule has 4 nitrogen and oxygen atoms in total. The van der Waals surface area contributed by atoms with Crippen LogP contribution in [0.25, 0.3) is 20.4 Å². The van der Waals surface area contributed by atoms with Gasteiger partial charge in [0.2, 0.25) is 0 Å². The average molecular weight is 346 g/mol. The van der Waals surface area contributed by atoms with E-state index < -0.39 is 0 Å². The minimum Gasteiger partial charge on any atom is -0.298 e. The van der Waals surface area contributed by atoms with Crippen molar-refractivity contribution in [3.8, 4) is 0 Å². The summed E-state index contributed by atoms with van der Waals surface area (Å²) in [6.45, 7) is 0. The summed E-state index contributed by atoms with van der Waals surface area (Å²) in [7, 11) is 0. The van der Waals surface area contributed by atoms with Gasteiger partial charge < -0.3 is 0 Å². The van der Waals surface area contributed by atoms with Crippen LogP contribution >= 0.6 is 34.3 Å². The van der Waals surface area contributed by atoms with Crippen LogP contribution in [-0.4, -0.2) is 15.9 Å². The van der Waals surface area contributed by atoms with Gasteiger partial charge in [0.15, 0.2) is 5.13 Å². The van der Waals surface area contributed by atoms with Gasteiger partial charge in [-0.15, -0.1) is 11.3 Å². The predicted molar refractivity (Wildman–Crippen MR) is 92.2 cm³/mol. The molecule has 7 heteroatoms. The van der Waals surface area contributed by atoms with Crippen LogP contribution in [0.2, 0.25) is 5.02 Å². The first-order valence-corrected chi connectivity index (χ1v) is 8.47. The van der Waals surface area contributed by atoms with E-state index in [1.165, 1.54) is 22.7 Å². The molecule has 2 aromatic heterocycles. The van der Waals surface area contributed by atoms with Crippen molar-refractivity contribution in [3.05, 3.63) is 52.5 Å². The van der Waals surface area contributed by atoms with Gasteiger partial charge in [-0.2, -0.15) is 0 Å². The van der Waals surface area contributed by atoms with Crippen molar-refractivity contribution in [2.75, 3.05) is 5.32 Å². The molecule has 0 atom stereocenters. The molecule has 108 valence electrons. The van der Waals surface area contributed by atoms with Gasteiger partial charge in [-0.3, -0.25) is 10.1 Å². The van der Waals surface area contributed by atoms with Crippen molar-refractivity contribution in [1.82, 2.24) is 9.97 Å². The number of carbonyl (C=O) groups excluding carboxylic acids is 1. The number of nitrogens with zero attached hydrogens (tertiary/aromatic N) is 2. The molecule has 0 aliphatic rings. The van der Waals surface area contributed by atoms with E-state index in [1.807, 2.05) is 24.3 Å². The molecule has 2 heterocycles. The topological polar surface area (TPSA) is 54.9 Å². The number of halogens is 1. The van der Waals surface area contributed by atoms with Crippen LogP contribution in [0.4, 0.5) is 5.13 Å². The molecule has 0 fully saturated rings. The van der Waals surface area contributed by atoms with E-state index in [4.69, 9.17) is 11.6 Å². The molecule has 4 aromatic rings. The van der Waals surface area contributed by atoms with E-state index in [9.17, 15) is 4.79 Å². The smallest absolute Gasteiger partial charge is 0.257 e. The van der Waals surface area contributed by atoms with Crippen LogP contribution in [0.15, 0.2) is 41.9 Å². The number of carbonyl (C=O) groups is 1. The van der Waals surface area contributed by atoms with Crippen LogP contribution in [0, 0.1) is 0 Å². The van der Waals surface area contributed by atoms with Crippen LogP contribution in [-0.2, 0) is 0 Å². The Bertz CT molecular complexity index is 1010. The summed E-state index contributed by atoms with van der Waals surface area (Å²) in [4.78, 5) is 20.9. The second kappa shape index (κ2) is 5.31. The summed E-state index contributed by atoms with van der Waals surface area (Å²) in [6.07, 6.45) is 0. The fourth-order valence-corrected chi connectivity index (χ4v) is 3.97. The molecule has 1 amide bonds. The van der Waals surface area contributed by atoms with Crippen molar-refractivity contribution in [3.63, 3.8) is 0 Å². The molecular weight excluding hydrogens is 338 g/mol. The van der Waals surface area contributed by atoms with Crippen molar-refractivity contribution in [2.24, 2.45) is 0 Å². The first-order valence-electron chi connectivity index (χ1n) is 6.40. The third-order valence-corrected chi connectivity index (χ3v) is 5.12. The second-order valence-corrected chi connectivity index (χ2v) is 6.97. The van der Waals surface area contributed by atoms with E-state index in [0.717, 1.165) is 20.4 Å². The lowest BCUT2D eigenvalue weighted by Gasteiger charge is -2.01. The van der Waals surface area contributed by atoms with E-state index in [2.05, 4.69) is 15.3 Å². The third kappa shape index (κ3) is 2.45. The molecule has 0 radical (unpaired) electrons. The highest BCUT2D eigenvalue weighted by Crippen LogP contribution is 2.28. The number of aromatic nitrogens is 2. The zero-order valence-corrected chi connectivity index (χ0v) is 13.4. The Hall–Kier alpha value is -2.02. The highest BCUT2D eigenvalue weighted by Gasteiger charge is 2.11. The fourth-order valence-electron chi connectivity index (χ4n) is 2.12. The quantitative estimate of drug-likeness (QED) is 0.567. The molecule has 0 saturated carbocycles. The Morgan fingerprint density at radius 1 is 1.09 bits per heavy atom. The van der Waals surface area contributed by atoms with Crippen LogP contribution < -0.4 is 5.32 Å². The van der Waals surface area contributed by atoms with Crippen molar-refractivity contribution >= 4 is 65.7 Å². The molecule has 0 unspecified atom stereocenters. The van der Waals surface area contributed by atoms with Crippen molar-refractivity contribution < 1.29 is 4.79 Å². The number of benzene rings is 2. The number of anilines is 1. The fraction of sp³-hybridized carbons (Fsp3) is 0. The maximum Gasteiger partial charge on any atom is 0.257 e. The van der Waals surface area contributed by atoms with Crippen molar-refractivity contribution in [1.29, 1.82) is 0 Å². The highest BCUT2D eigenvalue weighted by molar-refractivity contribution is 7.22. The summed E-state index contributed by atoms with van der Waals surface area (Å²) >= 11 is 8.88. The highest BCUT2D eigenvalue weighted by atomic mass is 35.5. The van der Waals surface area contributed by atoms with E-state index in [-0.39, 0.29) is 5.91 Å². The van der Waals surface area contributed by atoms with Gasteiger partial charge in [0.25, 0.3) is 5.91 Å². The SMILES string of the molecule is O=C(Nc1nc2ccc(Cl)cc2s1)c1ccc2ncsc2c1. The van der Waals surface area contributed by atoms with Crippen LogP contribution in [0.3, 0.4) is 0 Å². The molecule has 2 aromatic carbocycles. The molecular formula is C15H8ClN3OS2. The van der Waals surface area contributed by atoms with Crippen molar-refractivity contribution in [2.45, 2.75) is 0 Å². The molecule has 0 aliphatic heterocycles. The first kappa shape index (κ1) is 13.6. The Labute approximate surface area is 138 Å². The number of fused-ring (bicyclic) bond motifs is 2. The Balaban J connectivity index is 1.64. The number of hydrogen-bond donors (Lipinski definition) is 1.